The van der Waals surface area contributed by atoms with Gasteiger partial charge in [-0.05, 0) is 36.3 Å². The summed E-state index contributed by atoms with van der Waals surface area (Å²) in [4.78, 5) is 4.79. The van der Waals surface area contributed by atoms with Gasteiger partial charge in [0.05, 0.1) is 0 Å². The molecular weight excluding hydrogens is 302 g/mol. The van der Waals surface area contributed by atoms with Crippen LogP contribution in [0.15, 0.2) is 60.7 Å². The van der Waals surface area contributed by atoms with Crippen molar-refractivity contribution in [2.75, 3.05) is 38.0 Å². The molecule has 0 unspecified atom stereocenters. The van der Waals surface area contributed by atoms with Crippen LogP contribution >= 0.6 is 12.2 Å². The van der Waals surface area contributed by atoms with Crippen molar-refractivity contribution in [3.63, 3.8) is 0 Å². The van der Waals surface area contributed by atoms with E-state index >= 15 is 0 Å². The summed E-state index contributed by atoms with van der Waals surface area (Å²) in [7, 11) is 0. The molecule has 120 valence electrons. The molecule has 1 N–H and O–H groups in total. The summed E-state index contributed by atoms with van der Waals surface area (Å²) in [6, 6.07) is 20.8. The molecule has 1 fully saturated rings. The molecule has 23 heavy (non-hydrogen) atoms. The molecule has 0 aromatic heterocycles. The summed E-state index contributed by atoms with van der Waals surface area (Å²) in [5.74, 6) is 0. The summed E-state index contributed by atoms with van der Waals surface area (Å²) in [5, 5.41) is 4.16. The zero-order chi connectivity index (χ0) is 15.9. The Bertz CT molecular complexity index is 607. The molecule has 0 radical (unpaired) electrons. The van der Waals surface area contributed by atoms with E-state index < -0.39 is 0 Å². The third-order valence-electron chi connectivity index (χ3n) is 4.24. The van der Waals surface area contributed by atoms with E-state index in [0.717, 1.165) is 49.9 Å². The van der Waals surface area contributed by atoms with Crippen LogP contribution < -0.4 is 5.32 Å². The van der Waals surface area contributed by atoms with Crippen LogP contribution in [0.4, 0.5) is 5.69 Å². The number of anilines is 1. The molecule has 0 bridgehead atoms. The molecule has 2 aromatic carbocycles. The molecule has 3 nitrogen and oxygen atoms in total. The van der Waals surface area contributed by atoms with Crippen LogP contribution in [-0.2, 0) is 6.42 Å². The number of thiocarbonyl (C=S) groups is 1. The Hall–Kier alpha value is -1.91. The van der Waals surface area contributed by atoms with Gasteiger partial charge in [-0.15, -0.1) is 0 Å². The number of rotatable bonds is 4. The van der Waals surface area contributed by atoms with Crippen LogP contribution in [0.1, 0.15) is 5.56 Å². The quantitative estimate of drug-likeness (QED) is 0.870. The van der Waals surface area contributed by atoms with Gasteiger partial charge in [-0.1, -0.05) is 48.5 Å². The van der Waals surface area contributed by atoms with E-state index in [0.29, 0.717) is 0 Å². The summed E-state index contributed by atoms with van der Waals surface area (Å²) in [6.45, 7) is 5.25. The molecule has 0 amide bonds. The second-order valence-electron chi connectivity index (χ2n) is 5.86. The second kappa shape index (κ2) is 8.09. The minimum absolute atomic E-state index is 0.832. The Labute approximate surface area is 143 Å². The lowest BCUT2D eigenvalue weighted by Crippen LogP contribution is -2.50. The molecule has 2 aromatic rings. The van der Waals surface area contributed by atoms with Crippen LogP contribution in [0.3, 0.4) is 0 Å². The standard InChI is InChI=1S/C19H23N3S/c23-19(20-18-9-5-2-6-10-18)22-15-13-21(14-16-22)12-11-17-7-3-1-4-8-17/h1-10H,11-16H2,(H,20,23). The third-order valence-corrected chi connectivity index (χ3v) is 4.60. The maximum atomic E-state index is 5.53. The molecule has 1 aliphatic heterocycles. The smallest absolute Gasteiger partial charge is 0.173 e. The summed E-state index contributed by atoms with van der Waals surface area (Å²) in [5.41, 5.74) is 2.47. The van der Waals surface area contributed by atoms with Crippen molar-refractivity contribution in [3.8, 4) is 0 Å². The highest BCUT2D eigenvalue weighted by atomic mass is 32.1. The average Bonchev–Trinajstić information content (AvgIpc) is 2.62. The summed E-state index contributed by atoms with van der Waals surface area (Å²) >= 11 is 5.53. The van der Waals surface area contributed by atoms with Crippen LogP contribution in [0.25, 0.3) is 0 Å². The maximum Gasteiger partial charge on any atom is 0.173 e. The highest BCUT2D eigenvalue weighted by Gasteiger charge is 2.18. The predicted molar refractivity (Wildman–Crippen MR) is 101 cm³/mol. The SMILES string of the molecule is S=C(Nc1ccccc1)N1CCN(CCc2ccccc2)CC1. The first-order valence-corrected chi connectivity index (χ1v) is 8.59. The number of nitrogens with one attached hydrogen (secondary N) is 1. The number of hydrogen-bond donors (Lipinski definition) is 1. The van der Waals surface area contributed by atoms with E-state index in [1.54, 1.807) is 0 Å². The van der Waals surface area contributed by atoms with Gasteiger partial charge in [0.2, 0.25) is 0 Å². The highest BCUT2D eigenvalue weighted by Crippen LogP contribution is 2.10. The number of nitrogens with zero attached hydrogens (tertiary/aromatic N) is 2. The van der Waals surface area contributed by atoms with Crippen molar-refractivity contribution in [2.24, 2.45) is 0 Å². The van der Waals surface area contributed by atoms with Gasteiger partial charge in [-0.3, -0.25) is 4.90 Å². The fraction of sp³-hybridized carbons (Fsp3) is 0.316. The second-order valence-corrected chi connectivity index (χ2v) is 6.25. The Morgan fingerprint density at radius 2 is 1.48 bits per heavy atom. The monoisotopic (exact) mass is 325 g/mol. The van der Waals surface area contributed by atoms with E-state index in [1.165, 1.54) is 5.56 Å². The molecule has 1 aliphatic rings. The van der Waals surface area contributed by atoms with Crippen LogP contribution in [0.2, 0.25) is 0 Å². The summed E-state index contributed by atoms with van der Waals surface area (Å²) < 4.78 is 0. The van der Waals surface area contributed by atoms with E-state index in [-0.39, 0.29) is 0 Å². The zero-order valence-electron chi connectivity index (χ0n) is 13.3. The first-order chi connectivity index (χ1) is 11.3. The lowest BCUT2D eigenvalue weighted by atomic mass is 10.1. The van der Waals surface area contributed by atoms with E-state index in [2.05, 4.69) is 45.4 Å². The molecule has 0 spiro atoms. The largest absolute Gasteiger partial charge is 0.346 e. The van der Waals surface area contributed by atoms with Gasteiger partial charge >= 0.3 is 0 Å². The molecular formula is C19H23N3S. The first-order valence-electron chi connectivity index (χ1n) is 8.18. The van der Waals surface area contributed by atoms with E-state index in [1.807, 2.05) is 30.3 Å². The fourth-order valence-electron chi connectivity index (χ4n) is 2.83. The summed E-state index contributed by atoms with van der Waals surface area (Å²) in [6.07, 6.45) is 1.12. The van der Waals surface area contributed by atoms with Crippen LogP contribution in [-0.4, -0.2) is 47.6 Å². The molecule has 4 heteroatoms. The lowest BCUT2D eigenvalue weighted by molar-refractivity contribution is 0.185. The van der Waals surface area contributed by atoms with Crippen molar-refractivity contribution >= 4 is 23.0 Å². The van der Waals surface area contributed by atoms with Crippen molar-refractivity contribution in [1.29, 1.82) is 0 Å². The van der Waals surface area contributed by atoms with E-state index in [9.17, 15) is 0 Å². The highest BCUT2D eigenvalue weighted by molar-refractivity contribution is 7.80. The average molecular weight is 325 g/mol. The van der Waals surface area contributed by atoms with Gasteiger partial charge in [0.15, 0.2) is 5.11 Å². The molecule has 0 saturated carbocycles. The normalized spacial score (nSPS) is 15.4. The Morgan fingerprint density at radius 1 is 0.870 bits per heavy atom. The topological polar surface area (TPSA) is 18.5 Å². The molecule has 0 atom stereocenters. The van der Waals surface area contributed by atoms with Gasteiger partial charge in [-0.2, -0.15) is 0 Å². The number of hydrogen-bond acceptors (Lipinski definition) is 2. The fourth-order valence-corrected chi connectivity index (χ4v) is 3.13. The van der Waals surface area contributed by atoms with Gasteiger partial charge in [-0.25, -0.2) is 0 Å². The molecule has 1 saturated heterocycles. The zero-order valence-corrected chi connectivity index (χ0v) is 14.1. The van der Waals surface area contributed by atoms with Gasteiger partial charge in [0, 0.05) is 38.4 Å². The molecule has 1 heterocycles. The third kappa shape index (κ3) is 4.78. The van der Waals surface area contributed by atoms with Gasteiger partial charge < -0.3 is 10.2 Å². The number of benzene rings is 2. The first kappa shape index (κ1) is 16.0. The number of para-hydroxylation sites is 1. The van der Waals surface area contributed by atoms with E-state index in [4.69, 9.17) is 12.2 Å². The Morgan fingerprint density at radius 3 is 2.13 bits per heavy atom. The van der Waals surface area contributed by atoms with Crippen LogP contribution in [0, 0.1) is 0 Å². The van der Waals surface area contributed by atoms with Gasteiger partial charge in [0.1, 0.15) is 0 Å². The molecule has 3 rings (SSSR count). The minimum atomic E-state index is 0.832. The Balaban J connectivity index is 1.42. The maximum absolute atomic E-state index is 5.53. The lowest BCUT2D eigenvalue weighted by Gasteiger charge is -2.36. The van der Waals surface area contributed by atoms with Crippen molar-refractivity contribution in [2.45, 2.75) is 6.42 Å². The minimum Gasteiger partial charge on any atom is -0.346 e. The van der Waals surface area contributed by atoms with Crippen LogP contribution in [0.5, 0.6) is 0 Å². The van der Waals surface area contributed by atoms with Crippen molar-refractivity contribution in [3.05, 3.63) is 66.2 Å². The van der Waals surface area contributed by atoms with Gasteiger partial charge in [0.25, 0.3) is 0 Å². The van der Waals surface area contributed by atoms with Crippen molar-refractivity contribution < 1.29 is 0 Å². The predicted octanol–water partition coefficient (Wildman–Crippen LogP) is 3.24. The van der Waals surface area contributed by atoms with Crippen molar-refractivity contribution in [1.82, 2.24) is 9.80 Å². The molecule has 0 aliphatic carbocycles. The number of piperazine rings is 1. The Kier molecular flexibility index (Phi) is 5.61.